The number of piperidine rings is 1. The number of rotatable bonds is 3. The van der Waals surface area contributed by atoms with Crippen LogP contribution in [0.5, 0.6) is 0 Å². The van der Waals surface area contributed by atoms with Crippen molar-refractivity contribution in [2.45, 2.75) is 19.8 Å². The van der Waals surface area contributed by atoms with Crippen LogP contribution < -0.4 is 4.90 Å². The fourth-order valence-electron chi connectivity index (χ4n) is 2.52. The maximum atomic E-state index is 14.0. The molecule has 1 fully saturated rings. The summed E-state index contributed by atoms with van der Waals surface area (Å²) < 4.78 is 32.7. The van der Waals surface area contributed by atoms with Crippen molar-refractivity contribution in [1.82, 2.24) is 0 Å². The Kier molecular flexibility index (Phi) is 4.73. The molecule has 0 aromatic heterocycles. The van der Waals surface area contributed by atoms with Gasteiger partial charge in [0.05, 0.1) is 23.8 Å². The minimum atomic E-state index is -1.15. The highest BCUT2D eigenvalue weighted by molar-refractivity contribution is 5.73. The molecule has 1 aliphatic heterocycles. The van der Waals surface area contributed by atoms with Gasteiger partial charge in [-0.2, -0.15) is 5.26 Å². The summed E-state index contributed by atoms with van der Waals surface area (Å²) in [6.07, 6.45) is 1.38. The lowest BCUT2D eigenvalue weighted by Crippen LogP contribution is -2.40. The molecule has 0 N–H and O–H groups in total. The Balaban J connectivity index is 2.21. The summed E-state index contributed by atoms with van der Waals surface area (Å²) >= 11 is 0. The third kappa shape index (κ3) is 3.13. The quantitative estimate of drug-likeness (QED) is 0.804. The molecule has 112 valence electrons. The van der Waals surface area contributed by atoms with E-state index in [9.17, 15) is 13.6 Å². The minimum Gasteiger partial charge on any atom is -0.466 e. The van der Waals surface area contributed by atoms with E-state index in [2.05, 4.69) is 0 Å². The van der Waals surface area contributed by atoms with Crippen LogP contribution in [0.2, 0.25) is 0 Å². The Morgan fingerprint density at radius 2 is 2.24 bits per heavy atom. The highest BCUT2D eigenvalue weighted by Gasteiger charge is 2.29. The van der Waals surface area contributed by atoms with Gasteiger partial charge in [-0.1, -0.05) is 0 Å². The summed E-state index contributed by atoms with van der Waals surface area (Å²) in [5.41, 5.74) is -0.240. The first-order chi connectivity index (χ1) is 10.1. The molecule has 0 saturated carbocycles. The second kappa shape index (κ2) is 6.53. The van der Waals surface area contributed by atoms with Crippen LogP contribution in [0.15, 0.2) is 12.1 Å². The van der Waals surface area contributed by atoms with Crippen molar-refractivity contribution in [3.8, 4) is 6.07 Å². The molecule has 1 atom stereocenters. The van der Waals surface area contributed by atoms with Gasteiger partial charge in [-0.3, -0.25) is 4.79 Å². The van der Waals surface area contributed by atoms with Gasteiger partial charge in [0.2, 0.25) is 0 Å². The summed E-state index contributed by atoms with van der Waals surface area (Å²) in [4.78, 5) is 13.4. The number of benzene rings is 1. The van der Waals surface area contributed by atoms with Crippen LogP contribution >= 0.6 is 0 Å². The normalized spacial score (nSPS) is 18.2. The first-order valence-electron chi connectivity index (χ1n) is 6.88. The van der Waals surface area contributed by atoms with E-state index in [4.69, 9.17) is 10.00 Å². The van der Waals surface area contributed by atoms with Gasteiger partial charge < -0.3 is 9.64 Å². The van der Waals surface area contributed by atoms with E-state index < -0.39 is 11.6 Å². The first-order valence-corrected chi connectivity index (χ1v) is 6.88. The monoisotopic (exact) mass is 294 g/mol. The van der Waals surface area contributed by atoms with Crippen LogP contribution in [0.3, 0.4) is 0 Å². The number of nitriles is 1. The fourth-order valence-corrected chi connectivity index (χ4v) is 2.52. The minimum absolute atomic E-state index is 0.0838. The van der Waals surface area contributed by atoms with Crippen molar-refractivity contribution in [3.63, 3.8) is 0 Å². The zero-order chi connectivity index (χ0) is 15.4. The molecule has 1 unspecified atom stereocenters. The molecule has 0 aliphatic carbocycles. The lowest BCUT2D eigenvalue weighted by Gasteiger charge is -2.33. The second-order valence-corrected chi connectivity index (χ2v) is 4.91. The van der Waals surface area contributed by atoms with Crippen molar-refractivity contribution in [3.05, 3.63) is 29.3 Å². The molecule has 4 nitrogen and oxygen atoms in total. The van der Waals surface area contributed by atoms with Crippen LogP contribution in [-0.4, -0.2) is 25.7 Å². The average molecular weight is 294 g/mol. The van der Waals surface area contributed by atoms with Crippen molar-refractivity contribution >= 4 is 11.7 Å². The van der Waals surface area contributed by atoms with E-state index in [1.54, 1.807) is 17.9 Å². The standard InChI is InChI=1S/C15H16F2N2O2/c1-2-21-15(20)11-4-3-7-19(9-11)12-6-5-10(8-18)13(16)14(12)17/h5-6,11H,2-4,7,9H2,1H3. The highest BCUT2D eigenvalue weighted by Crippen LogP contribution is 2.28. The second-order valence-electron chi connectivity index (χ2n) is 4.91. The highest BCUT2D eigenvalue weighted by atomic mass is 19.2. The number of carbonyl (C=O) groups is 1. The van der Waals surface area contributed by atoms with Gasteiger partial charge in [-0.15, -0.1) is 0 Å². The predicted octanol–water partition coefficient (Wildman–Crippen LogP) is 2.62. The fraction of sp³-hybridized carbons (Fsp3) is 0.467. The molecule has 1 aromatic rings. The molecule has 1 saturated heterocycles. The lowest BCUT2D eigenvalue weighted by molar-refractivity contribution is -0.148. The maximum Gasteiger partial charge on any atom is 0.310 e. The molecule has 1 aliphatic rings. The number of anilines is 1. The zero-order valence-corrected chi connectivity index (χ0v) is 11.7. The summed E-state index contributed by atoms with van der Waals surface area (Å²) in [5, 5.41) is 8.69. The Morgan fingerprint density at radius 1 is 1.48 bits per heavy atom. The van der Waals surface area contributed by atoms with E-state index in [1.165, 1.54) is 12.1 Å². The number of carbonyl (C=O) groups excluding carboxylic acids is 1. The predicted molar refractivity (Wildman–Crippen MR) is 72.6 cm³/mol. The largest absolute Gasteiger partial charge is 0.466 e. The van der Waals surface area contributed by atoms with Gasteiger partial charge in [0.15, 0.2) is 11.6 Å². The molecule has 0 amide bonds. The molecule has 0 spiro atoms. The molecule has 0 radical (unpaired) electrons. The van der Waals surface area contributed by atoms with Crippen molar-refractivity contribution in [1.29, 1.82) is 5.26 Å². The number of ether oxygens (including phenoxy) is 1. The lowest BCUT2D eigenvalue weighted by atomic mass is 9.97. The molecule has 21 heavy (non-hydrogen) atoms. The van der Waals surface area contributed by atoms with E-state index in [0.717, 1.165) is 0 Å². The summed E-state index contributed by atoms with van der Waals surface area (Å²) in [6, 6.07) is 4.23. The molecule has 1 aromatic carbocycles. The van der Waals surface area contributed by atoms with Crippen LogP contribution in [0.4, 0.5) is 14.5 Å². The maximum absolute atomic E-state index is 14.0. The summed E-state index contributed by atoms with van der Waals surface area (Å²) in [7, 11) is 0. The van der Waals surface area contributed by atoms with Gasteiger partial charge in [-0.25, -0.2) is 8.78 Å². The van der Waals surface area contributed by atoms with E-state index in [0.29, 0.717) is 32.5 Å². The molecule has 0 bridgehead atoms. The van der Waals surface area contributed by atoms with Gasteiger partial charge in [0.1, 0.15) is 6.07 Å². The van der Waals surface area contributed by atoms with E-state index in [1.807, 2.05) is 0 Å². The number of hydrogen-bond donors (Lipinski definition) is 0. The Morgan fingerprint density at radius 3 is 2.90 bits per heavy atom. The van der Waals surface area contributed by atoms with Gasteiger partial charge in [0, 0.05) is 13.1 Å². The smallest absolute Gasteiger partial charge is 0.310 e. The molecule has 1 heterocycles. The Hall–Kier alpha value is -2.16. The van der Waals surface area contributed by atoms with Crippen LogP contribution in [0.25, 0.3) is 0 Å². The number of hydrogen-bond acceptors (Lipinski definition) is 4. The van der Waals surface area contributed by atoms with Crippen LogP contribution in [0, 0.1) is 28.9 Å². The Labute approximate surface area is 121 Å². The number of esters is 1. The molecular weight excluding hydrogens is 278 g/mol. The van der Waals surface area contributed by atoms with Crippen molar-refractivity contribution in [2.75, 3.05) is 24.6 Å². The molecule has 6 heteroatoms. The third-order valence-electron chi connectivity index (χ3n) is 3.56. The number of halogens is 2. The van der Waals surface area contributed by atoms with E-state index >= 15 is 0 Å². The van der Waals surface area contributed by atoms with Crippen molar-refractivity contribution < 1.29 is 18.3 Å². The first kappa shape index (κ1) is 15.2. The van der Waals surface area contributed by atoms with Crippen LogP contribution in [0.1, 0.15) is 25.3 Å². The van der Waals surface area contributed by atoms with Gasteiger partial charge in [0.25, 0.3) is 0 Å². The average Bonchev–Trinajstić information content (AvgIpc) is 2.50. The SMILES string of the molecule is CCOC(=O)C1CCCN(c2ccc(C#N)c(F)c2F)C1. The zero-order valence-electron chi connectivity index (χ0n) is 11.7. The summed E-state index contributed by atoms with van der Waals surface area (Å²) in [6.45, 7) is 2.86. The Bertz CT molecular complexity index is 584. The van der Waals surface area contributed by atoms with Crippen LogP contribution in [-0.2, 0) is 9.53 Å². The third-order valence-corrected chi connectivity index (χ3v) is 3.56. The van der Waals surface area contributed by atoms with E-state index in [-0.39, 0.29) is 23.1 Å². The topological polar surface area (TPSA) is 53.3 Å². The van der Waals surface area contributed by atoms with Gasteiger partial charge >= 0.3 is 5.97 Å². The number of nitrogens with zero attached hydrogens (tertiary/aromatic N) is 2. The summed E-state index contributed by atoms with van der Waals surface area (Å²) in [5.74, 6) is -2.83. The van der Waals surface area contributed by atoms with Crippen molar-refractivity contribution in [2.24, 2.45) is 5.92 Å². The molecule has 2 rings (SSSR count). The van der Waals surface area contributed by atoms with Gasteiger partial charge in [-0.05, 0) is 31.9 Å². The molecular formula is C15H16F2N2O2.